The van der Waals surface area contributed by atoms with Crippen LogP contribution in [0.15, 0.2) is 36.4 Å². The lowest BCUT2D eigenvalue weighted by Gasteiger charge is -2.11. The minimum absolute atomic E-state index is 0.0480. The summed E-state index contributed by atoms with van der Waals surface area (Å²) in [7, 11) is 0. The standard InChI is InChI=1S/C14H10Cl2F2O/c15-7-9-2-1-3-12(17)14(9)19-8-10-4-5-11(16)6-13(10)18/h1-6H,7-8H2. The predicted molar refractivity (Wildman–Crippen MR) is 71.7 cm³/mol. The van der Waals surface area contributed by atoms with Crippen LogP contribution in [-0.2, 0) is 12.5 Å². The highest BCUT2D eigenvalue weighted by Gasteiger charge is 2.11. The largest absolute Gasteiger partial charge is 0.485 e. The van der Waals surface area contributed by atoms with Gasteiger partial charge in [0.05, 0.1) is 5.88 Å². The number of para-hydroxylation sites is 1. The van der Waals surface area contributed by atoms with Crippen LogP contribution < -0.4 is 4.74 Å². The van der Waals surface area contributed by atoms with Crippen LogP contribution in [0.1, 0.15) is 11.1 Å². The topological polar surface area (TPSA) is 9.23 Å². The normalized spacial score (nSPS) is 10.5. The van der Waals surface area contributed by atoms with Crippen molar-refractivity contribution >= 4 is 23.2 Å². The van der Waals surface area contributed by atoms with Gasteiger partial charge in [0.1, 0.15) is 12.4 Å². The molecule has 0 saturated carbocycles. The van der Waals surface area contributed by atoms with Crippen molar-refractivity contribution in [3.63, 3.8) is 0 Å². The molecule has 0 saturated heterocycles. The fraction of sp³-hybridized carbons (Fsp3) is 0.143. The molecule has 0 amide bonds. The molecule has 2 aromatic carbocycles. The van der Waals surface area contributed by atoms with Gasteiger partial charge in [0.25, 0.3) is 0 Å². The Hall–Kier alpha value is -1.32. The number of alkyl halides is 1. The molecule has 2 rings (SSSR count). The monoisotopic (exact) mass is 302 g/mol. The Bertz CT molecular complexity index is 588. The van der Waals surface area contributed by atoms with E-state index >= 15 is 0 Å². The molecule has 0 spiro atoms. The Balaban J connectivity index is 2.19. The molecule has 2 aromatic rings. The Kier molecular flexibility index (Phi) is 4.61. The summed E-state index contributed by atoms with van der Waals surface area (Å²) in [6.07, 6.45) is 0. The second-order valence-corrected chi connectivity index (χ2v) is 4.59. The molecule has 0 fully saturated rings. The molecule has 0 heterocycles. The molecular formula is C14H10Cl2F2O. The van der Waals surface area contributed by atoms with Crippen LogP contribution in [0.25, 0.3) is 0 Å². The molecule has 0 unspecified atom stereocenters. The Labute approximate surface area is 119 Å². The molecule has 5 heteroatoms. The van der Waals surface area contributed by atoms with Crippen molar-refractivity contribution in [3.05, 3.63) is 64.2 Å². The number of rotatable bonds is 4. The van der Waals surface area contributed by atoms with Crippen molar-refractivity contribution in [1.29, 1.82) is 0 Å². The van der Waals surface area contributed by atoms with E-state index in [1.807, 2.05) is 0 Å². The first-order chi connectivity index (χ1) is 9.11. The molecule has 0 radical (unpaired) electrons. The molecule has 1 nitrogen and oxygen atoms in total. The van der Waals surface area contributed by atoms with Crippen molar-refractivity contribution in [2.24, 2.45) is 0 Å². The van der Waals surface area contributed by atoms with Gasteiger partial charge in [0, 0.05) is 16.1 Å². The number of hydrogen-bond acceptors (Lipinski definition) is 1. The Morgan fingerprint density at radius 3 is 2.47 bits per heavy atom. The smallest absolute Gasteiger partial charge is 0.165 e. The second kappa shape index (κ2) is 6.22. The number of benzene rings is 2. The molecule has 0 N–H and O–H groups in total. The molecule has 0 aliphatic heterocycles. The van der Waals surface area contributed by atoms with Gasteiger partial charge >= 0.3 is 0 Å². The number of ether oxygens (including phenoxy) is 1. The van der Waals surface area contributed by atoms with Gasteiger partial charge in [-0.05, 0) is 18.2 Å². The molecule has 0 atom stereocenters. The third-order valence-corrected chi connectivity index (χ3v) is 3.10. The molecule has 0 aromatic heterocycles. The zero-order valence-electron chi connectivity index (χ0n) is 9.80. The van der Waals surface area contributed by atoms with Gasteiger partial charge in [0.2, 0.25) is 0 Å². The summed E-state index contributed by atoms with van der Waals surface area (Å²) in [4.78, 5) is 0. The maximum Gasteiger partial charge on any atom is 0.165 e. The van der Waals surface area contributed by atoms with Crippen molar-refractivity contribution < 1.29 is 13.5 Å². The van der Waals surface area contributed by atoms with Gasteiger partial charge in [-0.1, -0.05) is 29.8 Å². The predicted octanol–water partition coefficient (Wildman–Crippen LogP) is 4.94. The average molecular weight is 303 g/mol. The van der Waals surface area contributed by atoms with Crippen molar-refractivity contribution in [1.82, 2.24) is 0 Å². The van der Waals surface area contributed by atoms with Crippen LogP contribution in [0, 0.1) is 11.6 Å². The SMILES string of the molecule is Fc1cc(Cl)ccc1COc1c(F)cccc1CCl. The second-order valence-electron chi connectivity index (χ2n) is 3.89. The fourth-order valence-corrected chi connectivity index (χ4v) is 1.98. The molecule has 0 aliphatic rings. The van der Waals surface area contributed by atoms with E-state index in [9.17, 15) is 8.78 Å². The van der Waals surface area contributed by atoms with Gasteiger partial charge in [-0.15, -0.1) is 11.6 Å². The highest BCUT2D eigenvalue weighted by atomic mass is 35.5. The highest BCUT2D eigenvalue weighted by molar-refractivity contribution is 6.30. The van der Waals surface area contributed by atoms with E-state index in [-0.39, 0.29) is 18.2 Å². The first kappa shape index (κ1) is 14.1. The van der Waals surface area contributed by atoms with Gasteiger partial charge in [-0.2, -0.15) is 0 Å². The van der Waals surface area contributed by atoms with E-state index in [4.69, 9.17) is 27.9 Å². The van der Waals surface area contributed by atoms with Crippen molar-refractivity contribution in [2.75, 3.05) is 0 Å². The zero-order valence-corrected chi connectivity index (χ0v) is 11.3. The Morgan fingerprint density at radius 2 is 1.79 bits per heavy atom. The lowest BCUT2D eigenvalue weighted by molar-refractivity contribution is 0.282. The van der Waals surface area contributed by atoms with Gasteiger partial charge in [-0.3, -0.25) is 0 Å². The van der Waals surface area contributed by atoms with Gasteiger partial charge in [0.15, 0.2) is 11.6 Å². The maximum atomic E-state index is 13.6. The lowest BCUT2D eigenvalue weighted by atomic mass is 10.2. The zero-order chi connectivity index (χ0) is 13.8. The minimum atomic E-state index is -0.521. The summed E-state index contributed by atoms with van der Waals surface area (Å²) in [6, 6.07) is 8.70. The maximum absolute atomic E-state index is 13.6. The first-order valence-corrected chi connectivity index (χ1v) is 6.43. The summed E-state index contributed by atoms with van der Waals surface area (Å²) in [5, 5.41) is 0.300. The van der Waals surface area contributed by atoms with Crippen LogP contribution in [0.4, 0.5) is 8.78 Å². The van der Waals surface area contributed by atoms with E-state index in [1.54, 1.807) is 18.2 Å². The summed E-state index contributed by atoms with van der Waals surface area (Å²) in [5.74, 6) is -0.841. The minimum Gasteiger partial charge on any atom is -0.485 e. The summed E-state index contributed by atoms with van der Waals surface area (Å²) in [6.45, 7) is -0.0895. The number of halogens is 4. The van der Waals surface area contributed by atoms with E-state index in [1.165, 1.54) is 18.2 Å². The van der Waals surface area contributed by atoms with Crippen LogP contribution in [0.3, 0.4) is 0 Å². The molecule has 0 aliphatic carbocycles. The molecular weight excluding hydrogens is 293 g/mol. The van der Waals surface area contributed by atoms with Gasteiger partial charge < -0.3 is 4.74 Å². The Morgan fingerprint density at radius 1 is 1.00 bits per heavy atom. The van der Waals surface area contributed by atoms with E-state index in [2.05, 4.69) is 0 Å². The number of hydrogen-bond donors (Lipinski definition) is 0. The third kappa shape index (κ3) is 3.37. The van der Waals surface area contributed by atoms with E-state index in [0.717, 1.165) is 0 Å². The molecule has 19 heavy (non-hydrogen) atoms. The van der Waals surface area contributed by atoms with E-state index in [0.29, 0.717) is 16.1 Å². The van der Waals surface area contributed by atoms with Crippen molar-refractivity contribution in [3.8, 4) is 5.75 Å². The summed E-state index contributed by atoms with van der Waals surface area (Å²) in [5.41, 5.74) is 0.823. The van der Waals surface area contributed by atoms with Gasteiger partial charge in [-0.25, -0.2) is 8.78 Å². The van der Waals surface area contributed by atoms with Crippen LogP contribution in [0.2, 0.25) is 5.02 Å². The van der Waals surface area contributed by atoms with Crippen LogP contribution in [0.5, 0.6) is 5.75 Å². The first-order valence-electron chi connectivity index (χ1n) is 5.52. The molecule has 100 valence electrons. The average Bonchev–Trinajstić information content (AvgIpc) is 2.39. The fourth-order valence-electron chi connectivity index (χ4n) is 1.61. The quantitative estimate of drug-likeness (QED) is 0.727. The third-order valence-electron chi connectivity index (χ3n) is 2.58. The summed E-state index contributed by atoms with van der Waals surface area (Å²) >= 11 is 11.3. The van der Waals surface area contributed by atoms with Crippen molar-refractivity contribution in [2.45, 2.75) is 12.5 Å². The van der Waals surface area contributed by atoms with E-state index < -0.39 is 11.6 Å². The lowest BCUT2D eigenvalue weighted by Crippen LogP contribution is -2.02. The molecule has 0 bridgehead atoms. The van der Waals surface area contributed by atoms with Crippen LogP contribution >= 0.6 is 23.2 Å². The summed E-state index contributed by atoms with van der Waals surface area (Å²) < 4.78 is 32.5. The van der Waals surface area contributed by atoms with Crippen LogP contribution in [-0.4, -0.2) is 0 Å². The highest BCUT2D eigenvalue weighted by Crippen LogP contribution is 2.26.